The lowest BCUT2D eigenvalue weighted by Crippen LogP contribution is -1.94. The van der Waals surface area contributed by atoms with Crippen LogP contribution in [0.3, 0.4) is 0 Å². The van der Waals surface area contributed by atoms with Gasteiger partial charge < -0.3 is 0 Å². The summed E-state index contributed by atoms with van der Waals surface area (Å²) < 4.78 is 13.0. The highest BCUT2D eigenvalue weighted by molar-refractivity contribution is 9.09. The van der Waals surface area contributed by atoms with Crippen molar-refractivity contribution < 1.29 is 4.39 Å². The lowest BCUT2D eigenvalue weighted by atomic mass is 10.1. The van der Waals surface area contributed by atoms with E-state index in [1.54, 1.807) is 23.5 Å². The minimum absolute atomic E-state index is 0.141. The van der Waals surface area contributed by atoms with Crippen molar-refractivity contribution in [2.75, 3.05) is 0 Å². The van der Waals surface area contributed by atoms with Crippen molar-refractivity contribution in [3.05, 3.63) is 57.0 Å². The third-order valence-corrected chi connectivity index (χ3v) is 4.79. The molecule has 2 aromatic rings. The Hall–Kier alpha value is -0.380. The first-order chi connectivity index (χ1) is 7.66. The molecular formula is C12H9BrClFS. The molecule has 0 N–H and O–H groups in total. The summed E-state index contributed by atoms with van der Waals surface area (Å²) in [6, 6.07) is 8.52. The topological polar surface area (TPSA) is 0 Å². The molecule has 2 rings (SSSR count). The van der Waals surface area contributed by atoms with Gasteiger partial charge in [-0.25, -0.2) is 4.39 Å². The third-order valence-electron chi connectivity index (χ3n) is 2.23. The van der Waals surface area contributed by atoms with Crippen LogP contribution in [0.25, 0.3) is 0 Å². The highest BCUT2D eigenvalue weighted by Crippen LogP contribution is 2.36. The average Bonchev–Trinajstić information content (AvgIpc) is 2.64. The largest absolute Gasteiger partial charge is 0.207 e. The summed E-state index contributed by atoms with van der Waals surface area (Å²) in [6.45, 7) is 0. The van der Waals surface area contributed by atoms with Gasteiger partial charge in [0.05, 0.1) is 9.85 Å². The van der Waals surface area contributed by atoms with Crippen molar-refractivity contribution in [3.8, 4) is 0 Å². The van der Waals surface area contributed by atoms with Gasteiger partial charge >= 0.3 is 0 Å². The fourth-order valence-electron chi connectivity index (χ4n) is 1.49. The minimum Gasteiger partial charge on any atom is -0.207 e. The molecule has 0 radical (unpaired) electrons. The minimum atomic E-state index is -0.200. The maximum absolute atomic E-state index is 13.0. The number of hydrogen-bond donors (Lipinski definition) is 0. The Labute approximate surface area is 111 Å². The van der Waals surface area contributed by atoms with Crippen LogP contribution in [-0.4, -0.2) is 0 Å². The molecule has 1 unspecified atom stereocenters. The van der Waals surface area contributed by atoms with E-state index in [2.05, 4.69) is 15.9 Å². The predicted octanol–water partition coefficient (Wildman–Crippen LogP) is 5.22. The first-order valence-electron chi connectivity index (χ1n) is 4.78. The van der Waals surface area contributed by atoms with Gasteiger partial charge in [-0.05, 0) is 35.6 Å². The van der Waals surface area contributed by atoms with Crippen LogP contribution in [0, 0.1) is 5.82 Å². The summed E-state index contributed by atoms with van der Waals surface area (Å²) in [5.41, 5.74) is 0.964. The van der Waals surface area contributed by atoms with E-state index in [1.165, 1.54) is 6.07 Å². The second-order valence-corrected chi connectivity index (χ2v) is 5.89. The SMILES string of the molecule is Fc1cccc(CC(Br)c2sccc2Cl)c1. The van der Waals surface area contributed by atoms with Gasteiger partial charge in [0.2, 0.25) is 0 Å². The van der Waals surface area contributed by atoms with E-state index in [-0.39, 0.29) is 10.6 Å². The Morgan fingerprint density at radius 2 is 2.19 bits per heavy atom. The van der Waals surface area contributed by atoms with Crippen LogP contribution in [-0.2, 0) is 6.42 Å². The van der Waals surface area contributed by atoms with Crippen LogP contribution in [0.4, 0.5) is 4.39 Å². The molecule has 0 nitrogen and oxygen atoms in total. The second kappa shape index (κ2) is 5.30. The van der Waals surface area contributed by atoms with E-state index in [0.717, 1.165) is 21.9 Å². The first kappa shape index (κ1) is 12.1. The first-order valence-corrected chi connectivity index (χ1v) is 6.95. The highest BCUT2D eigenvalue weighted by Gasteiger charge is 2.13. The van der Waals surface area contributed by atoms with Gasteiger partial charge in [0, 0.05) is 4.88 Å². The summed E-state index contributed by atoms with van der Waals surface area (Å²) >= 11 is 11.2. The van der Waals surface area contributed by atoms with Gasteiger partial charge in [-0.3, -0.25) is 0 Å². The zero-order valence-electron chi connectivity index (χ0n) is 8.29. The molecule has 0 aliphatic carbocycles. The molecule has 1 aromatic carbocycles. The Balaban J connectivity index is 2.14. The molecule has 1 heterocycles. The predicted molar refractivity (Wildman–Crippen MR) is 71.1 cm³/mol. The molecule has 0 spiro atoms. The lowest BCUT2D eigenvalue weighted by Gasteiger charge is -2.08. The fourth-order valence-corrected chi connectivity index (χ4v) is 3.73. The molecule has 84 valence electrons. The Kier molecular flexibility index (Phi) is 4.00. The molecule has 0 aliphatic heterocycles. The molecule has 0 saturated heterocycles. The molecule has 4 heteroatoms. The van der Waals surface area contributed by atoms with Crippen LogP contribution >= 0.6 is 38.9 Å². The number of thiophene rings is 1. The number of rotatable bonds is 3. The van der Waals surface area contributed by atoms with Gasteiger partial charge in [0.25, 0.3) is 0 Å². The maximum Gasteiger partial charge on any atom is 0.123 e. The molecule has 0 fully saturated rings. The van der Waals surface area contributed by atoms with Gasteiger partial charge in [-0.15, -0.1) is 11.3 Å². The molecule has 0 saturated carbocycles. The van der Waals surface area contributed by atoms with Crippen LogP contribution in [0.1, 0.15) is 15.3 Å². The normalized spacial score (nSPS) is 12.7. The van der Waals surface area contributed by atoms with Crippen molar-refractivity contribution in [1.82, 2.24) is 0 Å². The Morgan fingerprint density at radius 3 is 2.81 bits per heavy atom. The standard InChI is InChI=1S/C12H9BrClFS/c13-10(12-11(14)4-5-16-12)7-8-2-1-3-9(15)6-8/h1-6,10H,7H2. The number of hydrogen-bond acceptors (Lipinski definition) is 1. The van der Waals surface area contributed by atoms with Crippen molar-refractivity contribution in [2.45, 2.75) is 11.2 Å². The van der Waals surface area contributed by atoms with E-state index >= 15 is 0 Å². The molecular weight excluding hydrogens is 311 g/mol. The second-order valence-electron chi connectivity index (χ2n) is 3.43. The van der Waals surface area contributed by atoms with Crippen LogP contribution in [0.15, 0.2) is 35.7 Å². The fraction of sp³-hybridized carbons (Fsp3) is 0.167. The van der Waals surface area contributed by atoms with Crippen LogP contribution in [0.2, 0.25) is 5.02 Å². The maximum atomic E-state index is 13.0. The summed E-state index contributed by atoms with van der Waals surface area (Å²) in [5, 5.41) is 2.72. The molecule has 1 aromatic heterocycles. The van der Waals surface area contributed by atoms with Crippen LogP contribution in [0.5, 0.6) is 0 Å². The third kappa shape index (κ3) is 2.84. The number of alkyl halides is 1. The smallest absolute Gasteiger partial charge is 0.123 e. The van der Waals surface area contributed by atoms with Crippen molar-refractivity contribution >= 4 is 38.9 Å². The summed E-state index contributed by atoms with van der Waals surface area (Å²) in [4.78, 5) is 1.23. The van der Waals surface area contributed by atoms with E-state index in [0.29, 0.717) is 0 Å². The molecule has 0 aliphatic rings. The molecule has 0 bridgehead atoms. The summed E-state index contributed by atoms with van der Waals surface area (Å²) in [7, 11) is 0. The average molecular weight is 320 g/mol. The summed E-state index contributed by atoms with van der Waals surface area (Å²) in [5.74, 6) is -0.200. The van der Waals surface area contributed by atoms with Crippen molar-refractivity contribution in [2.24, 2.45) is 0 Å². The van der Waals surface area contributed by atoms with E-state index < -0.39 is 0 Å². The van der Waals surface area contributed by atoms with Crippen molar-refractivity contribution in [3.63, 3.8) is 0 Å². The zero-order valence-corrected chi connectivity index (χ0v) is 11.4. The monoisotopic (exact) mass is 318 g/mol. The molecule has 0 amide bonds. The Morgan fingerprint density at radius 1 is 1.38 bits per heavy atom. The van der Waals surface area contributed by atoms with Gasteiger partial charge in [0.1, 0.15) is 5.82 Å². The van der Waals surface area contributed by atoms with Crippen molar-refractivity contribution in [1.29, 1.82) is 0 Å². The molecule has 16 heavy (non-hydrogen) atoms. The lowest BCUT2D eigenvalue weighted by molar-refractivity contribution is 0.625. The van der Waals surface area contributed by atoms with E-state index in [9.17, 15) is 4.39 Å². The summed E-state index contributed by atoms with van der Waals surface area (Å²) in [6.07, 6.45) is 0.734. The quantitative estimate of drug-likeness (QED) is 0.680. The molecule has 1 atom stereocenters. The van der Waals surface area contributed by atoms with Gasteiger partial charge in [-0.2, -0.15) is 0 Å². The number of halogens is 3. The number of benzene rings is 1. The van der Waals surface area contributed by atoms with E-state index in [1.807, 2.05) is 17.5 Å². The highest BCUT2D eigenvalue weighted by atomic mass is 79.9. The Bertz CT molecular complexity index is 483. The zero-order chi connectivity index (χ0) is 11.5. The van der Waals surface area contributed by atoms with E-state index in [4.69, 9.17) is 11.6 Å². The van der Waals surface area contributed by atoms with Crippen LogP contribution < -0.4 is 0 Å². The van der Waals surface area contributed by atoms with Gasteiger partial charge in [-0.1, -0.05) is 39.7 Å². The van der Waals surface area contributed by atoms with Gasteiger partial charge in [0.15, 0.2) is 0 Å².